The quantitative estimate of drug-likeness (QED) is 0.595. The second kappa shape index (κ2) is 3.27. The SMILES string of the molecule is Cc1ccc(B(O)O)c2scc(N)c12. The molecule has 5 heteroatoms. The number of anilines is 1. The molecule has 0 saturated heterocycles. The molecule has 0 bridgehead atoms. The number of aryl methyl sites for hydroxylation is 1. The Balaban J connectivity index is 2.83. The highest BCUT2D eigenvalue weighted by atomic mass is 32.1. The van der Waals surface area contributed by atoms with E-state index in [2.05, 4.69) is 0 Å². The van der Waals surface area contributed by atoms with Crippen LogP contribution < -0.4 is 11.2 Å². The summed E-state index contributed by atoms with van der Waals surface area (Å²) < 4.78 is 0.859. The van der Waals surface area contributed by atoms with Crippen molar-refractivity contribution in [2.45, 2.75) is 6.92 Å². The summed E-state index contributed by atoms with van der Waals surface area (Å²) in [6.45, 7) is 1.96. The average molecular weight is 207 g/mol. The Labute approximate surface area is 85.9 Å². The normalized spacial score (nSPS) is 10.8. The van der Waals surface area contributed by atoms with Crippen molar-refractivity contribution in [2.24, 2.45) is 0 Å². The zero-order chi connectivity index (χ0) is 10.3. The van der Waals surface area contributed by atoms with Gasteiger partial charge in [0.25, 0.3) is 0 Å². The fraction of sp³-hybridized carbons (Fsp3) is 0.111. The minimum atomic E-state index is -1.43. The summed E-state index contributed by atoms with van der Waals surface area (Å²) >= 11 is 1.44. The van der Waals surface area contributed by atoms with Crippen LogP contribution in [0.3, 0.4) is 0 Å². The van der Waals surface area contributed by atoms with Crippen LogP contribution in [0.1, 0.15) is 5.56 Å². The highest BCUT2D eigenvalue weighted by Gasteiger charge is 2.17. The number of hydrogen-bond donors (Lipinski definition) is 3. The molecule has 0 unspecified atom stereocenters. The molecule has 0 radical (unpaired) electrons. The van der Waals surface area contributed by atoms with E-state index in [1.54, 1.807) is 6.07 Å². The van der Waals surface area contributed by atoms with Gasteiger partial charge in [0.2, 0.25) is 0 Å². The van der Waals surface area contributed by atoms with E-state index in [1.165, 1.54) is 11.3 Å². The lowest BCUT2D eigenvalue weighted by atomic mass is 9.79. The smallest absolute Gasteiger partial charge is 0.423 e. The zero-order valence-electron chi connectivity index (χ0n) is 7.69. The molecule has 4 N–H and O–H groups in total. The van der Waals surface area contributed by atoms with Gasteiger partial charge in [-0.3, -0.25) is 0 Å². The molecule has 0 spiro atoms. The van der Waals surface area contributed by atoms with Crippen LogP contribution in [0.5, 0.6) is 0 Å². The fourth-order valence-electron chi connectivity index (χ4n) is 1.57. The third-order valence-corrected chi connectivity index (χ3v) is 3.31. The van der Waals surface area contributed by atoms with Gasteiger partial charge in [-0.05, 0) is 17.9 Å². The fourth-order valence-corrected chi connectivity index (χ4v) is 2.64. The van der Waals surface area contributed by atoms with Gasteiger partial charge in [0, 0.05) is 15.5 Å². The Morgan fingerprint density at radius 1 is 1.36 bits per heavy atom. The Morgan fingerprint density at radius 2 is 2.07 bits per heavy atom. The van der Waals surface area contributed by atoms with Crippen LogP contribution in [0.2, 0.25) is 0 Å². The Kier molecular flexibility index (Phi) is 2.22. The summed E-state index contributed by atoms with van der Waals surface area (Å²) in [5.41, 5.74) is 8.07. The van der Waals surface area contributed by atoms with Crippen LogP contribution >= 0.6 is 11.3 Å². The van der Waals surface area contributed by atoms with Crippen molar-refractivity contribution in [3.63, 3.8) is 0 Å². The van der Waals surface area contributed by atoms with E-state index in [1.807, 2.05) is 18.4 Å². The zero-order valence-corrected chi connectivity index (χ0v) is 8.51. The molecule has 0 atom stereocenters. The maximum atomic E-state index is 9.14. The monoisotopic (exact) mass is 207 g/mol. The van der Waals surface area contributed by atoms with E-state index in [-0.39, 0.29) is 0 Å². The second-order valence-corrected chi connectivity index (χ2v) is 4.12. The van der Waals surface area contributed by atoms with Crippen molar-refractivity contribution in [2.75, 3.05) is 5.73 Å². The number of benzene rings is 1. The van der Waals surface area contributed by atoms with Gasteiger partial charge in [0.05, 0.1) is 5.69 Å². The minimum absolute atomic E-state index is 0.521. The standard InChI is InChI=1S/C9H10BNO2S/c1-5-2-3-6(10(12)13)9-8(5)7(11)4-14-9/h2-4,12-13H,11H2,1H3. The first-order valence-corrected chi connectivity index (χ1v) is 5.11. The van der Waals surface area contributed by atoms with Gasteiger partial charge in [0.1, 0.15) is 0 Å². The maximum absolute atomic E-state index is 9.14. The van der Waals surface area contributed by atoms with Gasteiger partial charge in [-0.1, -0.05) is 12.1 Å². The molecular formula is C9H10BNO2S. The topological polar surface area (TPSA) is 66.5 Å². The molecule has 3 nitrogen and oxygen atoms in total. The largest absolute Gasteiger partial charge is 0.489 e. The molecule has 72 valence electrons. The summed E-state index contributed by atoms with van der Waals surface area (Å²) in [6, 6.07) is 3.57. The summed E-state index contributed by atoms with van der Waals surface area (Å²) in [5, 5.41) is 21.0. The van der Waals surface area contributed by atoms with E-state index in [0.29, 0.717) is 11.2 Å². The van der Waals surface area contributed by atoms with E-state index >= 15 is 0 Å². The molecule has 1 heterocycles. The molecule has 1 aromatic carbocycles. The molecule has 14 heavy (non-hydrogen) atoms. The van der Waals surface area contributed by atoms with Crippen LogP contribution in [0.4, 0.5) is 5.69 Å². The Morgan fingerprint density at radius 3 is 2.71 bits per heavy atom. The highest BCUT2D eigenvalue weighted by molar-refractivity contribution is 7.19. The summed E-state index contributed by atoms with van der Waals surface area (Å²) in [6.07, 6.45) is 0. The van der Waals surface area contributed by atoms with Crippen LogP contribution in [-0.2, 0) is 0 Å². The summed E-state index contributed by atoms with van der Waals surface area (Å²) in [4.78, 5) is 0. The van der Waals surface area contributed by atoms with Crippen LogP contribution in [0.25, 0.3) is 10.1 Å². The molecule has 2 aromatic rings. The first-order valence-electron chi connectivity index (χ1n) is 4.23. The van der Waals surface area contributed by atoms with Crippen molar-refractivity contribution >= 4 is 39.7 Å². The van der Waals surface area contributed by atoms with Crippen molar-refractivity contribution in [3.05, 3.63) is 23.1 Å². The van der Waals surface area contributed by atoms with Crippen LogP contribution in [0.15, 0.2) is 17.5 Å². The highest BCUT2D eigenvalue weighted by Crippen LogP contribution is 2.29. The van der Waals surface area contributed by atoms with Crippen molar-refractivity contribution < 1.29 is 10.0 Å². The van der Waals surface area contributed by atoms with Gasteiger partial charge in [-0.2, -0.15) is 0 Å². The molecule has 0 fully saturated rings. The molecular weight excluding hydrogens is 197 g/mol. The molecule has 0 saturated carbocycles. The number of nitrogens with two attached hydrogens (primary N) is 1. The molecule has 0 amide bonds. The lowest BCUT2D eigenvalue weighted by Gasteiger charge is -2.04. The molecule has 0 aliphatic rings. The Bertz CT molecular complexity index is 481. The van der Waals surface area contributed by atoms with Gasteiger partial charge in [-0.15, -0.1) is 11.3 Å². The van der Waals surface area contributed by atoms with Crippen LogP contribution in [-0.4, -0.2) is 17.2 Å². The number of fused-ring (bicyclic) bond motifs is 1. The van der Waals surface area contributed by atoms with Gasteiger partial charge < -0.3 is 15.8 Å². The van der Waals surface area contributed by atoms with Gasteiger partial charge in [0.15, 0.2) is 0 Å². The number of rotatable bonds is 1. The number of nitrogen functional groups attached to an aromatic ring is 1. The van der Waals surface area contributed by atoms with Gasteiger partial charge >= 0.3 is 7.12 Å². The van der Waals surface area contributed by atoms with Crippen molar-refractivity contribution in [1.82, 2.24) is 0 Å². The summed E-state index contributed by atoms with van der Waals surface area (Å²) in [5.74, 6) is 0. The predicted octanol–water partition coefficient (Wildman–Crippen LogP) is 0.472. The van der Waals surface area contributed by atoms with Crippen molar-refractivity contribution in [3.8, 4) is 0 Å². The lowest BCUT2D eigenvalue weighted by molar-refractivity contribution is 0.426. The van der Waals surface area contributed by atoms with Gasteiger partial charge in [-0.25, -0.2) is 0 Å². The second-order valence-electron chi connectivity index (χ2n) is 3.24. The number of thiophene rings is 1. The third-order valence-electron chi connectivity index (χ3n) is 2.27. The molecule has 1 aromatic heterocycles. The summed E-state index contributed by atoms with van der Waals surface area (Å²) in [7, 11) is -1.43. The molecule has 0 aliphatic heterocycles. The predicted molar refractivity (Wildman–Crippen MR) is 60.8 cm³/mol. The first-order chi connectivity index (χ1) is 6.61. The maximum Gasteiger partial charge on any atom is 0.489 e. The van der Waals surface area contributed by atoms with Crippen molar-refractivity contribution in [1.29, 1.82) is 0 Å². The van der Waals surface area contributed by atoms with Crippen LogP contribution in [0, 0.1) is 6.92 Å². The lowest BCUT2D eigenvalue weighted by Crippen LogP contribution is -2.29. The molecule has 2 rings (SSSR count). The number of hydrogen-bond acceptors (Lipinski definition) is 4. The van der Waals surface area contributed by atoms with E-state index in [0.717, 1.165) is 15.6 Å². The first kappa shape index (κ1) is 9.52. The van der Waals surface area contributed by atoms with E-state index < -0.39 is 7.12 Å². The average Bonchev–Trinajstić information content (AvgIpc) is 2.49. The third kappa shape index (κ3) is 1.30. The Hall–Kier alpha value is -1.04. The van der Waals surface area contributed by atoms with E-state index in [4.69, 9.17) is 15.8 Å². The minimum Gasteiger partial charge on any atom is -0.423 e. The molecule has 0 aliphatic carbocycles. The van der Waals surface area contributed by atoms with E-state index in [9.17, 15) is 0 Å².